The monoisotopic (exact) mass is 317 g/mol. The smallest absolute Gasteiger partial charge is 0.308 e. The minimum Gasteiger partial charge on any atom is -0.424 e. The number of carbonyl (C=O) groups is 2. The van der Waals surface area contributed by atoms with Gasteiger partial charge in [-0.15, -0.1) is 0 Å². The highest BCUT2D eigenvalue weighted by atomic mass is 16.5. The number of rotatable bonds is 2. The lowest BCUT2D eigenvalue weighted by Crippen LogP contribution is -2.10. The Morgan fingerprint density at radius 1 is 0.875 bits per heavy atom. The first-order chi connectivity index (χ1) is 11.5. The van der Waals surface area contributed by atoms with Crippen molar-refractivity contribution >= 4 is 28.3 Å². The van der Waals surface area contributed by atoms with E-state index in [-0.39, 0.29) is 5.91 Å². The van der Waals surface area contributed by atoms with Crippen LogP contribution in [0.3, 0.4) is 0 Å². The number of fused-ring (bicyclic) bond motifs is 3. The van der Waals surface area contributed by atoms with E-state index in [0.717, 1.165) is 27.6 Å². The fourth-order valence-corrected chi connectivity index (χ4v) is 3.34. The largest absolute Gasteiger partial charge is 0.424 e. The van der Waals surface area contributed by atoms with Crippen LogP contribution in [0.25, 0.3) is 33.0 Å². The molecule has 3 aromatic carbocycles. The van der Waals surface area contributed by atoms with Gasteiger partial charge in [0.05, 0.1) is 5.69 Å². The molecular weight excluding hydrogens is 302 g/mol. The van der Waals surface area contributed by atoms with Crippen molar-refractivity contribution in [1.82, 2.24) is 0 Å². The van der Waals surface area contributed by atoms with Gasteiger partial charge in [0, 0.05) is 13.8 Å². The van der Waals surface area contributed by atoms with Crippen LogP contribution in [-0.4, -0.2) is 11.9 Å². The third-order valence-corrected chi connectivity index (χ3v) is 4.17. The summed E-state index contributed by atoms with van der Waals surface area (Å²) < 4.78 is 5.31. The molecule has 4 heteroatoms. The highest BCUT2D eigenvalue weighted by molar-refractivity contribution is 6.16. The van der Waals surface area contributed by atoms with Crippen molar-refractivity contribution in [3.63, 3.8) is 0 Å². The molecule has 4 rings (SSSR count). The summed E-state index contributed by atoms with van der Waals surface area (Å²) in [6, 6.07) is 16.0. The van der Waals surface area contributed by atoms with E-state index < -0.39 is 5.97 Å². The van der Waals surface area contributed by atoms with Gasteiger partial charge >= 0.3 is 5.97 Å². The molecule has 0 unspecified atom stereocenters. The van der Waals surface area contributed by atoms with Crippen LogP contribution < -0.4 is 10.1 Å². The van der Waals surface area contributed by atoms with Crippen molar-refractivity contribution in [1.29, 1.82) is 0 Å². The molecule has 0 saturated heterocycles. The van der Waals surface area contributed by atoms with E-state index in [1.54, 1.807) is 0 Å². The van der Waals surface area contributed by atoms with Gasteiger partial charge in [-0.05, 0) is 45.2 Å². The van der Waals surface area contributed by atoms with Gasteiger partial charge in [0.1, 0.15) is 0 Å². The maximum Gasteiger partial charge on any atom is 0.308 e. The van der Waals surface area contributed by atoms with Crippen LogP contribution in [0.4, 0.5) is 5.69 Å². The van der Waals surface area contributed by atoms with E-state index in [4.69, 9.17) is 4.74 Å². The predicted octanol–water partition coefficient (Wildman–Crippen LogP) is 4.37. The Labute approximate surface area is 139 Å². The molecule has 24 heavy (non-hydrogen) atoms. The summed E-state index contributed by atoms with van der Waals surface area (Å²) in [6.45, 7) is 2.78. The Morgan fingerprint density at radius 3 is 2.08 bits per heavy atom. The highest BCUT2D eigenvalue weighted by Crippen LogP contribution is 2.50. The summed E-state index contributed by atoms with van der Waals surface area (Å²) in [5, 5.41) is 5.10. The molecule has 1 aliphatic carbocycles. The van der Waals surface area contributed by atoms with E-state index in [9.17, 15) is 9.59 Å². The number of esters is 1. The van der Waals surface area contributed by atoms with Crippen molar-refractivity contribution in [3.05, 3.63) is 48.5 Å². The van der Waals surface area contributed by atoms with Crippen LogP contribution in [0.5, 0.6) is 5.75 Å². The van der Waals surface area contributed by atoms with E-state index in [1.807, 2.05) is 24.3 Å². The number of anilines is 1. The van der Waals surface area contributed by atoms with Gasteiger partial charge < -0.3 is 10.1 Å². The fraction of sp³-hybridized carbons (Fsp3) is 0.100. The lowest BCUT2D eigenvalue weighted by molar-refractivity contribution is -0.131. The number of ether oxygens (including phenoxy) is 1. The second-order valence-corrected chi connectivity index (χ2v) is 5.88. The number of amides is 1. The third kappa shape index (κ3) is 2.15. The van der Waals surface area contributed by atoms with E-state index in [0.29, 0.717) is 11.4 Å². The van der Waals surface area contributed by atoms with Gasteiger partial charge in [-0.1, -0.05) is 36.4 Å². The first-order valence-corrected chi connectivity index (χ1v) is 7.71. The summed E-state index contributed by atoms with van der Waals surface area (Å²) in [6.07, 6.45) is 0. The molecular formula is C20H15NO3. The Bertz CT molecular complexity index is 943. The number of hydrogen-bond acceptors (Lipinski definition) is 3. The molecule has 0 atom stereocenters. The van der Waals surface area contributed by atoms with Crippen molar-refractivity contribution in [2.45, 2.75) is 13.8 Å². The van der Waals surface area contributed by atoms with Gasteiger partial charge in [0.25, 0.3) is 0 Å². The molecule has 0 spiro atoms. The van der Waals surface area contributed by atoms with E-state index in [1.165, 1.54) is 19.2 Å². The normalized spacial score (nSPS) is 11.2. The van der Waals surface area contributed by atoms with Gasteiger partial charge in [-0.2, -0.15) is 0 Å². The number of nitrogens with one attached hydrogen (secondary N) is 1. The second kappa shape index (κ2) is 5.20. The highest BCUT2D eigenvalue weighted by Gasteiger charge is 2.24. The Kier molecular flexibility index (Phi) is 3.13. The zero-order valence-corrected chi connectivity index (χ0v) is 13.3. The van der Waals surface area contributed by atoms with Crippen LogP contribution in [0, 0.1) is 0 Å². The number of hydrogen-bond donors (Lipinski definition) is 1. The molecule has 0 heterocycles. The van der Waals surface area contributed by atoms with Crippen LogP contribution in [0.2, 0.25) is 0 Å². The van der Waals surface area contributed by atoms with Crippen molar-refractivity contribution in [3.8, 4) is 28.0 Å². The third-order valence-electron chi connectivity index (χ3n) is 4.17. The topological polar surface area (TPSA) is 55.4 Å². The van der Waals surface area contributed by atoms with E-state index in [2.05, 4.69) is 29.6 Å². The summed E-state index contributed by atoms with van der Waals surface area (Å²) in [5.41, 5.74) is 4.77. The summed E-state index contributed by atoms with van der Waals surface area (Å²) in [5.74, 6) is -0.270. The Hall–Kier alpha value is -3.14. The van der Waals surface area contributed by atoms with E-state index >= 15 is 0 Å². The maximum absolute atomic E-state index is 11.5. The lowest BCUT2D eigenvalue weighted by Gasteiger charge is -2.13. The quantitative estimate of drug-likeness (QED) is 0.441. The minimum atomic E-state index is -0.421. The molecule has 1 amide bonds. The standard InChI is InChI=1S/C20H15NO3/c1-11(22)21-18-9-16-14-7-3-5-13-6-4-8-15(20(13)14)17(16)10-19(18)24-12(2)23/h3-10H,1-2H3,(H,21,22). The van der Waals surface area contributed by atoms with Gasteiger partial charge in [-0.25, -0.2) is 0 Å². The van der Waals surface area contributed by atoms with Gasteiger partial charge in [-0.3, -0.25) is 9.59 Å². The molecule has 4 nitrogen and oxygen atoms in total. The minimum absolute atomic E-state index is 0.211. The number of benzene rings is 3. The first kappa shape index (κ1) is 14.5. The van der Waals surface area contributed by atoms with Crippen LogP contribution in [-0.2, 0) is 9.59 Å². The molecule has 0 aliphatic heterocycles. The van der Waals surface area contributed by atoms with Crippen molar-refractivity contribution in [2.75, 3.05) is 5.32 Å². The average Bonchev–Trinajstić information content (AvgIpc) is 2.83. The van der Waals surface area contributed by atoms with Gasteiger partial charge in [0.15, 0.2) is 5.75 Å². The SMILES string of the molecule is CC(=O)Nc1cc2c(cc1OC(C)=O)-c1cccc3cccc-2c13. The van der Waals surface area contributed by atoms with Crippen LogP contribution >= 0.6 is 0 Å². The molecule has 1 N–H and O–H groups in total. The molecule has 118 valence electrons. The van der Waals surface area contributed by atoms with Crippen LogP contribution in [0.1, 0.15) is 13.8 Å². The lowest BCUT2D eigenvalue weighted by atomic mass is 10.0. The molecule has 1 aliphatic rings. The summed E-state index contributed by atoms with van der Waals surface area (Å²) >= 11 is 0. The molecule has 0 fully saturated rings. The van der Waals surface area contributed by atoms with Crippen molar-refractivity contribution in [2.24, 2.45) is 0 Å². The Morgan fingerprint density at radius 2 is 1.50 bits per heavy atom. The zero-order valence-electron chi connectivity index (χ0n) is 13.3. The molecule has 0 radical (unpaired) electrons. The average molecular weight is 317 g/mol. The van der Waals surface area contributed by atoms with Gasteiger partial charge in [0.2, 0.25) is 5.91 Å². The molecule has 0 saturated carbocycles. The molecule has 0 aromatic heterocycles. The van der Waals surface area contributed by atoms with Crippen molar-refractivity contribution < 1.29 is 14.3 Å². The fourth-order valence-electron chi connectivity index (χ4n) is 3.34. The summed E-state index contributed by atoms with van der Waals surface area (Å²) in [4.78, 5) is 22.9. The number of carbonyl (C=O) groups excluding carboxylic acids is 2. The Balaban J connectivity index is 2.00. The predicted molar refractivity (Wildman–Crippen MR) is 94.0 cm³/mol. The second-order valence-electron chi connectivity index (χ2n) is 5.88. The maximum atomic E-state index is 11.5. The molecule has 0 bridgehead atoms. The first-order valence-electron chi connectivity index (χ1n) is 7.71. The summed E-state index contributed by atoms with van der Waals surface area (Å²) in [7, 11) is 0. The molecule has 3 aromatic rings. The van der Waals surface area contributed by atoms with Crippen LogP contribution in [0.15, 0.2) is 48.5 Å². The zero-order chi connectivity index (χ0) is 16.8.